The first-order chi connectivity index (χ1) is 11.0. The van der Waals surface area contributed by atoms with Crippen molar-refractivity contribution in [1.82, 2.24) is 0 Å². The molecule has 0 N–H and O–H groups in total. The lowest BCUT2D eigenvalue weighted by atomic mass is 9.92. The molecule has 1 atom stereocenters. The van der Waals surface area contributed by atoms with Gasteiger partial charge in [-0.2, -0.15) is 8.78 Å². The smallest absolute Gasteiger partial charge is 0.347 e. The van der Waals surface area contributed by atoms with Crippen molar-refractivity contribution in [2.24, 2.45) is 5.16 Å². The summed E-state index contributed by atoms with van der Waals surface area (Å²) in [6.07, 6.45) is -0.466. The summed E-state index contributed by atoms with van der Waals surface area (Å²) in [5, 5.41) is 3.68. The maximum Gasteiger partial charge on any atom is 0.364 e. The number of ether oxygens (including phenoxy) is 1. The molecular weight excluding hydrogens is 300 g/mol. The number of rotatable bonds is 4. The second kappa shape index (κ2) is 5.74. The molecule has 3 rings (SSSR count). The summed E-state index contributed by atoms with van der Waals surface area (Å²) in [6.45, 7) is 3.37. The number of oxime groups is 1. The number of benzene rings is 2. The number of alkyl halides is 2. The molecule has 1 aliphatic heterocycles. The van der Waals surface area contributed by atoms with Crippen LogP contribution in [-0.2, 0) is 15.4 Å². The minimum atomic E-state index is -3.43. The highest BCUT2D eigenvalue weighted by molar-refractivity contribution is 6.06. The molecule has 0 saturated carbocycles. The van der Waals surface area contributed by atoms with Crippen LogP contribution < -0.4 is 0 Å². The molecule has 0 amide bonds. The number of halogens is 2. The van der Waals surface area contributed by atoms with Crippen LogP contribution in [0.15, 0.2) is 65.8 Å². The van der Waals surface area contributed by atoms with Crippen LogP contribution in [0.1, 0.15) is 25.0 Å². The molecule has 1 unspecified atom stereocenters. The van der Waals surface area contributed by atoms with Crippen LogP contribution >= 0.6 is 0 Å². The highest BCUT2D eigenvalue weighted by atomic mass is 19.3. The van der Waals surface area contributed by atoms with E-state index in [4.69, 9.17) is 9.57 Å². The summed E-state index contributed by atoms with van der Waals surface area (Å²) in [6, 6.07) is 16.5. The zero-order valence-electron chi connectivity index (χ0n) is 12.9. The molecule has 1 aliphatic rings. The Kier molecular flexibility index (Phi) is 3.90. The monoisotopic (exact) mass is 317 g/mol. The summed E-state index contributed by atoms with van der Waals surface area (Å²) >= 11 is 0. The SMILES string of the molecule is CC(C)OC1(c2ccccc2)ON=C(c2ccccc2)C1(F)F. The maximum atomic E-state index is 15.3. The Morgan fingerprint density at radius 3 is 2.09 bits per heavy atom. The average molecular weight is 317 g/mol. The van der Waals surface area contributed by atoms with E-state index in [9.17, 15) is 0 Å². The zero-order chi connectivity index (χ0) is 16.5. The Bertz CT molecular complexity index is 701. The summed E-state index contributed by atoms with van der Waals surface area (Å²) < 4.78 is 36.1. The van der Waals surface area contributed by atoms with Crippen molar-refractivity contribution in [2.75, 3.05) is 0 Å². The molecule has 0 aliphatic carbocycles. The maximum absolute atomic E-state index is 15.3. The molecule has 3 nitrogen and oxygen atoms in total. The molecule has 0 fully saturated rings. The fourth-order valence-electron chi connectivity index (χ4n) is 2.60. The van der Waals surface area contributed by atoms with Gasteiger partial charge in [0.15, 0.2) is 5.71 Å². The Hall–Kier alpha value is -2.27. The largest absolute Gasteiger partial charge is 0.364 e. The Balaban J connectivity index is 2.09. The van der Waals surface area contributed by atoms with Crippen molar-refractivity contribution >= 4 is 5.71 Å². The van der Waals surface area contributed by atoms with E-state index >= 15 is 8.78 Å². The summed E-state index contributed by atoms with van der Waals surface area (Å²) in [5.41, 5.74) is 0.110. The van der Waals surface area contributed by atoms with Crippen LogP contribution in [-0.4, -0.2) is 17.7 Å². The van der Waals surface area contributed by atoms with Gasteiger partial charge in [0.25, 0.3) is 0 Å². The molecule has 23 heavy (non-hydrogen) atoms. The molecule has 2 aromatic carbocycles. The van der Waals surface area contributed by atoms with E-state index in [-0.39, 0.29) is 5.56 Å². The molecule has 2 aromatic rings. The van der Waals surface area contributed by atoms with Crippen LogP contribution in [0, 0.1) is 0 Å². The lowest BCUT2D eigenvalue weighted by Crippen LogP contribution is -2.50. The lowest BCUT2D eigenvalue weighted by Gasteiger charge is -2.34. The summed E-state index contributed by atoms with van der Waals surface area (Å²) in [4.78, 5) is 5.24. The van der Waals surface area contributed by atoms with Crippen molar-refractivity contribution < 1.29 is 18.4 Å². The molecule has 5 heteroatoms. The normalized spacial score (nSPS) is 22.7. The van der Waals surface area contributed by atoms with Gasteiger partial charge >= 0.3 is 11.7 Å². The number of hydrogen-bond donors (Lipinski definition) is 0. The van der Waals surface area contributed by atoms with Gasteiger partial charge in [-0.1, -0.05) is 65.8 Å². The number of hydrogen-bond acceptors (Lipinski definition) is 3. The minimum Gasteiger partial charge on any atom is -0.347 e. The highest BCUT2D eigenvalue weighted by Crippen LogP contribution is 2.49. The van der Waals surface area contributed by atoms with Gasteiger partial charge in [-0.3, -0.25) is 0 Å². The third-order valence-corrected chi connectivity index (χ3v) is 3.58. The van der Waals surface area contributed by atoms with E-state index < -0.39 is 23.5 Å². The van der Waals surface area contributed by atoms with Gasteiger partial charge in [0.05, 0.1) is 6.10 Å². The van der Waals surface area contributed by atoms with E-state index in [1.807, 2.05) is 0 Å². The standard InChI is InChI=1S/C18H17F2NO2/c1-13(2)22-18(15-11-7-4-8-12-15)17(19,20)16(21-23-18)14-9-5-3-6-10-14/h3-13H,1-2H3. The van der Waals surface area contributed by atoms with E-state index in [0.29, 0.717) is 5.56 Å². The van der Waals surface area contributed by atoms with Crippen LogP contribution in [0.4, 0.5) is 8.78 Å². The summed E-state index contributed by atoms with van der Waals surface area (Å²) in [5.74, 6) is -5.69. The van der Waals surface area contributed by atoms with Crippen LogP contribution in [0.5, 0.6) is 0 Å². The van der Waals surface area contributed by atoms with Gasteiger partial charge in [0, 0.05) is 11.1 Å². The summed E-state index contributed by atoms with van der Waals surface area (Å²) in [7, 11) is 0. The zero-order valence-corrected chi connectivity index (χ0v) is 12.9. The first-order valence-corrected chi connectivity index (χ1v) is 7.40. The third-order valence-electron chi connectivity index (χ3n) is 3.58. The van der Waals surface area contributed by atoms with E-state index in [0.717, 1.165) is 0 Å². The van der Waals surface area contributed by atoms with Gasteiger partial charge in [0.2, 0.25) is 0 Å². The average Bonchev–Trinajstić information content (AvgIpc) is 2.80. The van der Waals surface area contributed by atoms with Crippen LogP contribution in [0.2, 0.25) is 0 Å². The molecule has 120 valence electrons. The fraction of sp³-hybridized carbons (Fsp3) is 0.278. The Morgan fingerprint density at radius 1 is 0.957 bits per heavy atom. The van der Waals surface area contributed by atoms with Crippen molar-refractivity contribution in [3.8, 4) is 0 Å². The van der Waals surface area contributed by atoms with E-state index in [1.165, 1.54) is 0 Å². The van der Waals surface area contributed by atoms with Gasteiger partial charge in [-0.25, -0.2) is 0 Å². The van der Waals surface area contributed by atoms with Gasteiger partial charge in [0.1, 0.15) is 0 Å². The van der Waals surface area contributed by atoms with Crippen molar-refractivity contribution in [2.45, 2.75) is 31.7 Å². The van der Waals surface area contributed by atoms with Gasteiger partial charge in [-0.05, 0) is 13.8 Å². The van der Waals surface area contributed by atoms with Crippen LogP contribution in [0.25, 0.3) is 0 Å². The fourth-order valence-corrected chi connectivity index (χ4v) is 2.60. The molecule has 0 bridgehead atoms. The van der Waals surface area contributed by atoms with Crippen molar-refractivity contribution in [1.29, 1.82) is 0 Å². The van der Waals surface area contributed by atoms with Crippen LogP contribution in [0.3, 0.4) is 0 Å². The molecular formula is C18H17F2NO2. The lowest BCUT2D eigenvalue weighted by molar-refractivity contribution is -0.322. The van der Waals surface area contributed by atoms with Gasteiger partial charge < -0.3 is 9.57 Å². The molecule has 0 radical (unpaired) electrons. The first-order valence-electron chi connectivity index (χ1n) is 7.40. The number of nitrogens with zero attached hydrogens (tertiary/aromatic N) is 1. The predicted octanol–water partition coefficient (Wildman–Crippen LogP) is 4.33. The molecule has 0 saturated heterocycles. The second-order valence-electron chi connectivity index (χ2n) is 5.62. The molecule has 0 aromatic heterocycles. The Morgan fingerprint density at radius 2 is 1.52 bits per heavy atom. The van der Waals surface area contributed by atoms with Crippen molar-refractivity contribution in [3.63, 3.8) is 0 Å². The molecule has 1 heterocycles. The van der Waals surface area contributed by atoms with Gasteiger partial charge in [-0.15, -0.1) is 0 Å². The van der Waals surface area contributed by atoms with E-state index in [2.05, 4.69) is 5.16 Å². The second-order valence-corrected chi connectivity index (χ2v) is 5.62. The Labute approximate surface area is 133 Å². The van der Waals surface area contributed by atoms with E-state index in [1.54, 1.807) is 74.5 Å². The quantitative estimate of drug-likeness (QED) is 0.840. The minimum absolute atomic E-state index is 0.230. The predicted molar refractivity (Wildman–Crippen MR) is 83.4 cm³/mol. The first kappa shape index (κ1) is 15.6. The highest BCUT2D eigenvalue weighted by Gasteiger charge is 2.67. The molecule has 0 spiro atoms. The topological polar surface area (TPSA) is 30.8 Å². The third kappa shape index (κ3) is 2.51. The van der Waals surface area contributed by atoms with Crippen molar-refractivity contribution in [3.05, 3.63) is 71.8 Å².